The summed E-state index contributed by atoms with van der Waals surface area (Å²) < 4.78 is 11.5. The minimum atomic E-state index is -1.54. The van der Waals surface area contributed by atoms with Crippen LogP contribution in [0.3, 0.4) is 0 Å². The Labute approximate surface area is 365 Å². The number of hydrogen-bond acceptors (Lipinski definition) is 10. The smallest absolute Gasteiger partial charge is 0.249 e. The summed E-state index contributed by atoms with van der Waals surface area (Å²) in [5.41, 5.74) is 0. The minimum Gasteiger partial charge on any atom is -0.394 e. The second-order valence-electron chi connectivity index (χ2n) is 17.6. The van der Waals surface area contributed by atoms with E-state index in [1.54, 1.807) is 0 Å². The van der Waals surface area contributed by atoms with Gasteiger partial charge in [0.05, 0.1) is 25.4 Å². The Hall–Kier alpha value is -1.64. The molecule has 0 spiro atoms. The average Bonchev–Trinajstić information content (AvgIpc) is 3.23. The van der Waals surface area contributed by atoms with Crippen molar-refractivity contribution < 1.29 is 49.7 Å². The van der Waals surface area contributed by atoms with Gasteiger partial charge in [0, 0.05) is 6.92 Å². The molecule has 0 aromatic heterocycles. The Morgan fingerprint density at radius 3 is 1.55 bits per heavy atom. The van der Waals surface area contributed by atoms with Crippen molar-refractivity contribution in [1.82, 2.24) is 10.6 Å². The first kappa shape index (κ1) is 56.4. The monoisotopic (exact) mass is 857 g/mol. The van der Waals surface area contributed by atoms with Gasteiger partial charge >= 0.3 is 0 Å². The molecule has 60 heavy (non-hydrogen) atoms. The van der Waals surface area contributed by atoms with Gasteiger partial charge in [0.2, 0.25) is 11.8 Å². The number of allylic oxidation sites excluding steroid dienone is 1. The van der Waals surface area contributed by atoms with Crippen LogP contribution in [-0.2, 0) is 19.1 Å². The number of carbonyl (C=O) groups excluding carboxylic acids is 2. The van der Waals surface area contributed by atoms with Crippen LogP contribution in [-0.4, -0.2) is 111 Å². The molecule has 0 aliphatic carbocycles. The van der Waals surface area contributed by atoms with Gasteiger partial charge in [-0.05, 0) is 25.7 Å². The Kier molecular flexibility index (Phi) is 35.6. The third-order valence-electron chi connectivity index (χ3n) is 12.0. The largest absolute Gasteiger partial charge is 0.394 e. The fourth-order valence-electron chi connectivity index (χ4n) is 8.02. The summed E-state index contributed by atoms with van der Waals surface area (Å²) in [5, 5.41) is 68.9. The zero-order valence-corrected chi connectivity index (χ0v) is 38.3. The second kappa shape index (κ2) is 37.9. The molecule has 1 fully saturated rings. The Morgan fingerprint density at radius 1 is 0.650 bits per heavy atom. The topological polar surface area (TPSA) is 198 Å². The Bertz CT molecular complexity index is 1050. The van der Waals surface area contributed by atoms with Gasteiger partial charge in [-0.3, -0.25) is 9.59 Å². The third kappa shape index (κ3) is 27.4. The van der Waals surface area contributed by atoms with Crippen LogP contribution in [0.25, 0.3) is 0 Å². The molecule has 2 amide bonds. The summed E-state index contributed by atoms with van der Waals surface area (Å²) in [6, 6.07) is -2.43. The predicted molar refractivity (Wildman–Crippen MR) is 240 cm³/mol. The van der Waals surface area contributed by atoms with Crippen molar-refractivity contribution in [1.29, 1.82) is 0 Å². The van der Waals surface area contributed by atoms with E-state index in [1.807, 2.05) is 12.2 Å². The predicted octanol–water partition coefficient (Wildman–Crippen LogP) is 7.81. The molecule has 0 aromatic rings. The van der Waals surface area contributed by atoms with E-state index < -0.39 is 80.0 Å². The van der Waals surface area contributed by atoms with Gasteiger partial charge in [-0.1, -0.05) is 193 Å². The standard InChI is InChI=1S/C48H92N2O10/c1-4-6-8-10-12-14-16-18-19-20-21-22-23-25-27-29-31-33-35-41(54)47(58)50-39(37-59-48-43(49-38(3)52)46(57)45(56)42(36-51)60-48)44(55)40(53)34-32-30-28-26-24-17-15-13-11-9-7-5-2/h30,32,39-46,48,51,53-57H,4-29,31,33-37H2,1-3H3,(H,49,52)(H,50,58)/b32-30+/t39-,40+,41+,42+,43+,44-,45+,46+,48+/m0/s1. The first-order valence-corrected chi connectivity index (χ1v) is 24.6. The Balaban J connectivity index is 2.57. The van der Waals surface area contributed by atoms with E-state index in [0.717, 1.165) is 38.5 Å². The number of aliphatic hydroxyl groups is 6. The molecule has 0 saturated carbocycles. The lowest BCUT2D eigenvalue weighted by Gasteiger charge is -2.42. The molecule has 0 unspecified atom stereocenters. The van der Waals surface area contributed by atoms with Crippen LogP contribution in [0.4, 0.5) is 0 Å². The van der Waals surface area contributed by atoms with E-state index in [9.17, 15) is 40.2 Å². The number of hydrogen-bond donors (Lipinski definition) is 8. The zero-order chi connectivity index (χ0) is 44.2. The number of ether oxygens (including phenoxy) is 2. The van der Waals surface area contributed by atoms with Crippen LogP contribution in [0.15, 0.2) is 12.2 Å². The summed E-state index contributed by atoms with van der Waals surface area (Å²) in [5.74, 6) is -1.24. The van der Waals surface area contributed by atoms with Crippen LogP contribution in [0.1, 0.15) is 213 Å². The van der Waals surface area contributed by atoms with Crippen molar-refractivity contribution in [2.45, 2.75) is 268 Å². The molecular formula is C48H92N2O10. The van der Waals surface area contributed by atoms with E-state index in [0.29, 0.717) is 6.42 Å². The molecular weight excluding hydrogens is 765 g/mol. The first-order valence-electron chi connectivity index (χ1n) is 24.6. The summed E-state index contributed by atoms with van der Waals surface area (Å²) in [6.45, 7) is 4.64. The van der Waals surface area contributed by atoms with Crippen molar-refractivity contribution >= 4 is 11.8 Å². The summed E-state index contributed by atoms with van der Waals surface area (Å²) in [4.78, 5) is 25.1. The van der Waals surface area contributed by atoms with Crippen LogP contribution in [0, 0.1) is 0 Å². The van der Waals surface area contributed by atoms with Crippen LogP contribution >= 0.6 is 0 Å². The van der Waals surface area contributed by atoms with Gasteiger partial charge in [-0.2, -0.15) is 0 Å². The number of amides is 2. The molecule has 12 nitrogen and oxygen atoms in total. The van der Waals surface area contributed by atoms with Crippen molar-refractivity contribution in [3.8, 4) is 0 Å². The number of nitrogens with one attached hydrogen (secondary N) is 2. The molecule has 1 rings (SSSR count). The molecule has 12 heteroatoms. The highest BCUT2D eigenvalue weighted by atomic mass is 16.7. The van der Waals surface area contributed by atoms with Gasteiger partial charge in [0.25, 0.3) is 0 Å². The molecule has 354 valence electrons. The van der Waals surface area contributed by atoms with Crippen LogP contribution in [0.5, 0.6) is 0 Å². The van der Waals surface area contributed by atoms with E-state index in [4.69, 9.17) is 9.47 Å². The van der Waals surface area contributed by atoms with Gasteiger partial charge < -0.3 is 50.7 Å². The highest BCUT2D eigenvalue weighted by molar-refractivity contribution is 5.80. The first-order chi connectivity index (χ1) is 29.1. The van der Waals surface area contributed by atoms with Crippen LogP contribution in [0.2, 0.25) is 0 Å². The maximum absolute atomic E-state index is 13.2. The highest BCUT2D eigenvalue weighted by Gasteiger charge is 2.46. The van der Waals surface area contributed by atoms with Crippen molar-refractivity contribution in [3.05, 3.63) is 12.2 Å². The van der Waals surface area contributed by atoms with Gasteiger partial charge in [-0.15, -0.1) is 0 Å². The molecule has 1 aliphatic heterocycles. The number of aliphatic hydroxyl groups excluding tert-OH is 6. The van der Waals surface area contributed by atoms with Gasteiger partial charge in [-0.25, -0.2) is 0 Å². The van der Waals surface area contributed by atoms with E-state index >= 15 is 0 Å². The maximum atomic E-state index is 13.2. The molecule has 1 heterocycles. The molecule has 0 radical (unpaired) electrons. The summed E-state index contributed by atoms with van der Waals surface area (Å²) in [7, 11) is 0. The van der Waals surface area contributed by atoms with Crippen molar-refractivity contribution in [2.24, 2.45) is 0 Å². The lowest BCUT2D eigenvalue weighted by atomic mass is 9.96. The summed E-state index contributed by atoms with van der Waals surface area (Å²) in [6.07, 6.45) is 28.8. The van der Waals surface area contributed by atoms with E-state index in [-0.39, 0.29) is 12.8 Å². The maximum Gasteiger partial charge on any atom is 0.249 e. The minimum absolute atomic E-state index is 0.124. The fourth-order valence-corrected chi connectivity index (χ4v) is 8.02. The van der Waals surface area contributed by atoms with E-state index in [2.05, 4.69) is 24.5 Å². The summed E-state index contributed by atoms with van der Waals surface area (Å²) >= 11 is 0. The fraction of sp³-hybridized carbons (Fsp3) is 0.917. The lowest BCUT2D eigenvalue weighted by molar-refractivity contribution is -0.272. The number of unbranched alkanes of at least 4 members (excludes halogenated alkanes) is 26. The average molecular weight is 857 g/mol. The number of rotatable bonds is 40. The lowest BCUT2D eigenvalue weighted by Crippen LogP contribution is -2.65. The molecule has 1 saturated heterocycles. The molecule has 9 atom stereocenters. The molecule has 1 aliphatic rings. The zero-order valence-electron chi connectivity index (χ0n) is 38.3. The van der Waals surface area contributed by atoms with Gasteiger partial charge in [0.1, 0.15) is 36.6 Å². The van der Waals surface area contributed by atoms with Gasteiger partial charge in [0.15, 0.2) is 6.29 Å². The van der Waals surface area contributed by atoms with E-state index in [1.165, 1.54) is 142 Å². The van der Waals surface area contributed by atoms with Crippen molar-refractivity contribution in [3.63, 3.8) is 0 Å². The highest BCUT2D eigenvalue weighted by Crippen LogP contribution is 2.23. The third-order valence-corrected chi connectivity index (χ3v) is 12.0. The number of carbonyl (C=O) groups is 2. The Morgan fingerprint density at radius 2 is 1.10 bits per heavy atom. The SMILES string of the molecule is CCCCCCCCCCC/C=C/C[C@@H](O)[C@@H](O)[C@H](CO[C@@H]1O[C@H](CO)[C@@H](O)[C@H](O)[C@H]1NC(C)=O)NC(=O)[C@H](O)CCCCCCCCCCCCCCCCCCCC. The van der Waals surface area contributed by atoms with Crippen LogP contribution < -0.4 is 10.6 Å². The second-order valence-corrected chi connectivity index (χ2v) is 17.6. The molecule has 8 N–H and O–H groups in total. The molecule has 0 bridgehead atoms. The normalized spacial score (nSPS) is 21.5. The van der Waals surface area contributed by atoms with Crippen molar-refractivity contribution in [2.75, 3.05) is 13.2 Å². The molecule has 0 aromatic carbocycles. The quantitative estimate of drug-likeness (QED) is 0.0222.